The van der Waals surface area contributed by atoms with E-state index in [0.29, 0.717) is 6.54 Å². The summed E-state index contributed by atoms with van der Waals surface area (Å²) in [4.78, 5) is 11.0. The molecule has 0 saturated heterocycles. The molecule has 1 N–H and O–H groups in total. The summed E-state index contributed by atoms with van der Waals surface area (Å²) in [5.41, 5.74) is 1.27. The van der Waals surface area contributed by atoms with Gasteiger partial charge in [0.1, 0.15) is 0 Å². The van der Waals surface area contributed by atoms with Gasteiger partial charge in [-0.15, -0.1) is 11.8 Å². The van der Waals surface area contributed by atoms with Gasteiger partial charge in [-0.2, -0.15) is 0 Å². The summed E-state index contributed by atoms with van der Waals surface area (Å²) in [5, 5.41) is 4.54. The summed E-state index contributed by atoms with van der Waals surface area (Å²) in [7, 11) is 0. The molecule has 0 bridgehead atoms. The molecular formula is C12H15NOS. The molecule has 0 fully saturated rings. The second-order valence-corrected chi connectivity index (χ2v) is 3.89. The Morgan fingerprint density at radius 1 is 1.40 bits per heavy atom. The average molecular weight is 221 g/mol. The number of amides is 1. The highest BCUT2D eigenvalue weighted by Gasteiger charge is 1.91. The van der Waals surface area contributed by atoms with Gasteiger partial charge in [0.15, 0.2) is 0 Å². The summed E-state index contributed by atoms with van der Waals surface area (Å²) in [5.74, 6) is 0.870. The van der Waals surface area contributed by atoms with Crippen LogP contribution < -0.4 is 5.32 Å². The predicted octanol–water partition coefficient (Wildman–Crippen LogP) is 2.57. The molecule has 0 aliphatic carbocycles. The molecule has 3 heteroatoms. The normalized spacial score (nSPS) is 10.5. The number of thioether (sulfide) groups is 1. The fraction of sp³-hybridized carbons (Fsp3) is 0.250. The van der Waals surface area contributed by atoms with Crippen LogP contribution >= 0.6 is 11.8 Å². The van der Waals surface area contributed by atoms with Gasteiger partial charge in [-0.1, -0.05) is 30.3 Å². The maximum absolute atomic E-state index is 11.0. The van der Waals surface area contributed by atoms with Crippen LogP contribution in [0.3, 0.4) is 0 Å². The fourth-order valence-electron chi connectivity index (χ4n) is 1.06. The highest BCUT2D eigenvalue weighted by atomic mass is 32.2. The van der Waals surface area contributed by atoms with Crippen LogP contribution in [0.25, 0.3) is 0 Å². The minimum absolute atomic E-state index is 0.0296. The summed E-state index contributed by atoms with van der Waals surface area (Å²) in [6.45, 7) is 2.58. The van der Waals surface area contributed by atoms with Gasteiger partial charge < -0.3 is 5.32 Å². The molecular weight excluding hydrogens is 206 g/mol. The summed E-state index contributed by atoms with van der Waals surface area (Å²) in [6, 6.07) is 10.2. The lowest BCUT2D eigenvalue weighted by atomic mass is 10.2. The zero-order valence-electron chi connectivity index (χ0n) is 8.77. The fourth-order valence-corrected chi connectivity index (χ4v) is 1.76. The average Bonchev–Trinajstić information content (AvgIpc) is 2.26. The number of rotatable bonds is 5. The van der Waals surface area contributed by atoms with Crippen molar-refractivity contribution in [3.63, 3.8) is 0 Å². The highest BCUT2D eigenvalue weighted by Crippen LogP contribution is 2.12. The van der Waals surface area contributed by atoms with Gasteiger partial charge in [0.25, 0.3) is 0 Å². The Bertz CT molecular complexity index is 322. The van der Waals surface area contributed by atoms with Crippen LogP contribution in [-0.2, 0) is 10.5 Å². The summed E-state index contributed by atoms with van der Waals surface area (Å²) < 4.78 is 0. The number of nitrogens with one attached hydrogen (secondary N) is 1. The molecule has 0 heterocycles. The van der Waals surface area contributed by atoms with E-state index in [0.717, 1.165) is 5.75 Å². The van der Waals surface area contributed by atoms with Crippen LogP contribution in [0.4, 0.5) is 0 Å². The molecule has 80 valence electrons. The lowest BCUT2D eigenvalue weighted by Gasteiger charge is -1.97. The van der Waals surface area contributed by atoms with Crippen LogP contribution in [-0.4, -0.2) is 12.5 Å². The zero-order chi connectivity index (χ0) is 10.9. The second-order valence-electron chi connectivity index (χ2n) is 2.99. The Labute approximate surface area is 94.8 Å². The van der Waals surface area contributed by atoms with Crippen molar-refractivity contribution in [2.45, 2.75) is 12.7 Å². The van der Waals surface area contributed by atoms with Crippen molar-refractivity contribution < 1.29 is 4.79 Å². The molecule has 0 atom stereocenters. The minimum Gasteiger partial charge on any atom is -0.353 e. The molecule has 1 aromatic rings. The van der Waals surface area contributed by atoms with Crippen LogP contribution in [0.15, 0.2) is 41.8 Å². The molecule has 0 saturated carbocycles. The van der Waals surface area contributed by atoms with Crippen LogP contribution in [0.1, 0.15) is 12.5 Å². The first-order valence-corrected chi connectivity index (χ1v) is 5.97. The topological polar surface area (TPSA) is 29.1 Å². The maximum atomic E-state index is 11.0. The molecule has 0 radical (unpaired) electrons. The predicted molar refractivity (Wildman–Crippen MR) is 65.6 cm³/mol. The maximum Gasteiger partial charge on any atom is 0.244 e. The van der Waals surface area contributed by atoms with Gasteiger partial charge in [0.05, 0.1) is 0 Å². The third-order valence-electron chi connectivity index (χ3n) is 1.76. The molecule has 2 nitrogen and oxygen atoms in total. The Morgan fingerprint density at radius 3 is 2.80 bits per heavy atom. The molecule has 0 aromatic heterocycles. The standard InChI is InChI=1S/C12H15NOS/c1-2-13-12(14)8-9-15-10-11-6-4-3-5-7-11/h3-9H,2,10H2,1H3,(H,13,14)/b9-8-. The van der Waals surface area contributed by atoms with Crippen LogP contribution in [0.5, 0.6) is 0 Å². The van der Waals surface area contributed by atoms with Crippen molar-refractivity contribution in [2.24, 2.45) is 0 Å². The number of benzene rings is 1. The number of hydrogen-bond acceptors (Lipinski definition) is 2. The molecule has 0 aliphatic rings. The van der Waals surface area contributed by atoms with Gasteiger partial charge in [0.2, 0.25) is 5.91 Å². The van der Waals surface area contributed by atoms with E-state index in [-0.39, 0.29) is 5.91 Å². The monoisotopic (exact) mass is 221 g/mol. The van der Waals surface area contributed by atoms with Gasteiger partial charge in [-0.3, -0.25) is 4.79 Å². The van der Waals surface area contributed by atoms with E-state index in [2.05, 4.69) is 17.4 Å². The van der Waals surface area contributed by atoms with Crippen molar-refractivity contribution in [3.05, 3.63) is 47.4 Å². The lowest BCUT2D eigenvalue weighted by Crippen LogP contribution is -2.19. The summed E-state index contributed by atoms with van der Waals surface area (Å²) >= 11 is 1.62. The molecule has 1 rings (SSSR count). The number of likely N-dealkylation sites (N-methyl/N-ethyl adjacent to an activating group) is 1. The second kappa shape index (κ2) is 7.12. The van der Waals surface area contributed by atoms with Crippen LogP contribution in [0.2, 0.25) is 0 Å². The van der Waals surface area contributed by atoms with Gasteiger partial charge in [-0.05, 0) is 17.9 Å². The number of carbonyl (C=O) groups is 1. The third kappa shape index (κ3) is 5.27. The quantitative estimate of drug-likeness (QED) is 0.774. The Kier molecular flexibility index (Phi) is 5.63. The molecule has 0 aliphatic heterocycles. The lowest BCUT2D eigenvalue weighted by molar-refractivity contribution is -0.116. The van der Waals surface area contributed by atoms with E-state index in [1.807, 2.05) is 30.5 Å². The van der Waals surface area contributed by atoms with Crippen LogP contribution in [0, 0.1) is 0 Å². The first-order valence-electron chi connectivity index (χ1n) is 4.93. The van der Waals surface area contributed by atoms with E-state index in [9.17, 15) is 4.79 Å². The van der Waals surface area contributed by atoms with Crippen molar-refractivity contribution in [1.29, 1.82) is 0 Å². The first-order chi connectivity index (χ1) is 7.33. The Hall–Kier alpha value is -1.22. The molecule has 15 heavy (non-hydrogen) atoms. The minimum atomic E-state index is -0.0296. The van der Waals surface area contributed by atoms with Crippen molar-refractivity contribution in [2.75, 3.05) is 6.54 Å². The Morgan fingerprint density at radius 2 is 2.13 bits per heavy atom. The molecule has 0 spiro atoms. The SMILES string of the molecule is CCNC(=O)/C=C\SCc1ccccc1. The third-order valence-corrected chi connectivity index (χ3v) is 2.59. The van der Waals surface area contributed by atoms with E-state index in [1.54, 1.807) is 17.8 Å². The van der Waals surface area contributed by atoms with Crippen molar-refractivity contribution >= 4 is 17.7 Å². The van der Waals surface area contributed by atoms with E-state index >= 15 is 0 Å². The number of hydrogen-bond donors (Lipinski definition) is 1. The largest absolute Gasteiger partial charge is 0.353 e. The Balaban J connectivity index is 2.24. The van der Waals surface area contributed by atoms with Crippen molar-refractivity contribution in [3.8, 4) is 0 Å². The zero-order valence-corrected chi connectivity index (χ0v) is 9.59. The smallest absolute Gasteiger partial charge is 0.244 e. The molecule has 1 aromatic carbocycles. The van der Waals surface area contributed by atoms with Crippen molar-refractivity contribution in [1.82, 2.24) is 5.32 Å². The van der Waals surface area contributed by atoms with E-state index in [4.69, 9.17) is 0 Å². The van der Waals surface area contributed by atoms with Gasteiger partial charge in [-0.25, -0.2) is 0 Å². The van der Waals surface area contributed by atoms with Gasteiger partial charge >= 0.3 is 0 Å². The van der Waals surface area contributed by atoms with Gasteiger partial charge in [0, 0.05) is 18.4 Å². The van der Waals surface area contributed by atoms with E-state index in [1.165, 1.54) is 5.56 Å². The molecule has 1 amide bonds. The first kappa shape index (κ1) is 11.9. The van der Waals surface area contributed by atoms with E-state index < -0.39 is 0 Å². The number of carbonyl (C=O) groups excluding carboxylic acids is 1. The summed E-state index contributed by atoms with van der Waals surface area (Å²) in [6.07, 6.45) is 1.57. The highest BCUT2D eigenvalue weighted by molar-refractivity contribution is 8.01. The molecule has 0 unspecified atom stereocenters.